The van der Waals surface area contributed by atoms with Crippen LogP contribution in [0.2, 0.25) is 0 Å². The highest BCUT2D eigenvalue weighted by atomic mass is 79.9. The molecule has 0 bridgehead atoms. The standard InChI is InChI=1S/C20H16Br2N2O2S/c1-4-26-18-13(21)7-12(8-14(18)22)9-17-19(25)24-16-6-11(3)10(2)5-15(16)23-20(24)27-17/h5-9H,4H2,1-3H3/b17-9-. The number of halogens is 2. The molecule has 2 aromatic heterocycles. The Balaban J connectivity index is 1.91. The van der Waals surface area contributed by atoms with Crippen molar-refractivity contribution in [3.05, 3.63) is 64.8 Å². The molecule has 7 heteroatoms. The number of benzene rings is 2. The van der Waals surface area contributed by atoms with Gasteiger partial charge in [0, 0.05) is 0 Å². The number of nitrogens with zero attached hydrogens (tertiary/aromatic N) is 2. The second kappa shape index (κ2) is 7.04. The van der Waals surface area contributed by atoms with Crippen molar-refractivity contribution in [1.82, 2.24) is 9.38 Å². The molecule has 4 nitrogen and oxygen atoms in total. The van der Waals surface area contributed by atoms with E-state index in [0.29, 0.717) is 11.1 Å². The van der Waals surface area contributed by atoms with Crippen molar-refractivity contribution in [3.8, 4) is 5.75 Å². The molecule has 0 unspecified atom stereocenters. The topological polar surface area (TPSA) is 43.6 Å². The van der Waals surface area contributed by atoms with E-state index in [4.69, 9.17) is 4.74 Å². The van der Waals surface area contributed by atoms with Crippen LogP contribution in [0, 0.1) is 13.8 Å². The first-order valence-electron chi connectivity index (χ1n) is 8.45. The maximum atomic E-state index is 13.0. The van der Waals surface area contributed by atoms with Crippen LogP contribution < -0.4 is 14.8 Å². The van der Waals surface area contributed by atoms with Crippen molar-refractivity contribution >= 4 is 65.3 Å². The lowest BCUT2D eigenvalue weighted by atomic mass is 10.1. The summed E-state index contributed by atoms with van der Waals surface area (Å²) in [5.74, 6) is 0.759. The molecule has 0 saturated carbocycles. The van der Waals surface area contributed by atoms with E-state index < -0.39 is 0 Å². The lowest BCUT2D eigenvalue weighted by Crippen LogP contribution is -2.22. The average molecular weight is 508 g/mol. The summed E-state index contributed by atoms with van der Waals surface area (Å²) >= 11 is 8.48. The molecule has 0 amide bonds. The lowest BCUT2D eigenvalue weighted by Gasteiger charge is -2.09. The van der Waals surface area contributed by atoms with Gasteiger partial charge in [0.15, 0.2) is 4.96 Å². The van der Waals surface area contributed by atoms with E-state index >= 15 is 0 Å². The molecule has 0 spiro atoms. The Hall–Kier alpha value is -1.70. The van der Waals surface area contributed by atoms with E-state index in [1.165, 1.54) is 16.9 Å². The third-order valence-electron chi connectivity index (χ3n) is 4.46. The van der Waals surface area contributed by atoms with Gasteiger partial charge in [-0.1, -0.05) is 11.3 Å². The summed E-state index contributed by atoms with van der Waals surface area (Å²) in [6.45, 7) is 6.63. The molecule has 0 fully saturated rings. The normalized spacial score (nSPS) is 12.4. The minimum atomic E-state index is -0.0399. The quantitative estimate of drug-likeness (QED) is 0.392. The zero-order chi connectivity index (χ0) is 19.3. The molecule has 4 aromatic rings. The number of aryl methyl sites for hydroxylation is 2. The number of hydrogen-bond acceptors (Lipinski definition) is 4. The first kappa shape index (κ1) is 18.7. The highest BCUT2D eigenvalue weighted by molar-refractivity contribution is 9.11. The van der Waals surface area contributed by atoms with Gasteiger partial charge < -0.3 is 4.74 Å². The monoisotopic (exact) mass is 506 g/mol. The van der Waals surface area contributed by atoms with Crippen LogP contribution in [0.4, 0.5) is 0 Å². The third-order valence-corrected chi connectivity index (χ3v) is 6.61. The summed E-state index contributed by atoms with van der Waals surface area (Å²) in [6, 6.07) is 7.97. The maximum Gasteiger partial charge on any atom is 0.274 e. The Kier molecular flexibility index (Phi) is 4.86. The number of ether oxygens (including phenoxy) is 1. The van der Waals surface area contributed by atoms with Crippen LogP contribution in [0.5, 0.6) is 5.75 Å². The zero-order valence-electron chi connectivity index (χ0n) is 15.0. The van der Waals surface area contributed by atoms with E-state index in [-0.39, 0.29) is 5.56 Å². The molecule has 0 atom stereocenters. The Morgan fingerprint density at radius 3 is 2.48 bits per heavy atom. The number of fused-ring (bicyclic) bond motifs is 3. The minimum absolute atomic E-state index is 0.0399. The predicted octanol–water partition coefficient (Wildman–Crippen LogP) is 5.00. The second-order valence-electron chi connectivity index (χ2n) is 6.32. The molecule has 138 valence electrons. The molecule has 0 aliphatic heterocycles. The first-order chi connectivity index (χ1) is 12.9. The number of thiazole rings is 1. The molecular formula is C20H16Br2N2O2S. The van der Waals surface area contributed by atoms with Crippen molar-refractivity contribution in [3.63, 3.8) is 0 Å². The summed E-state index contributed by atoms with van der Waals surface area (Å²) in [6.07, 6.45) is 1.89. The van der Waals surface area contributed by atoms with Gasteiger partial charge in [0.1, 0.15) is 5.75 Å². The van der Waals surface area contributed by atoms with Crippen molar-refractivity contribution in [2.24, 2.45) is 0 Å². The Bertz CT molecular complexity index is 1280. The number of aromatic nitrogens is 2. The summed E-state index contributed by atoms with van der Waals surface area (Å²) in [4.78, 5) is 18.4. The lowest BCUT2D eigenvalue weighted by molar-refractivity contribution is 0.336. The zero-order valence-corrected chi connectivity index (χ0v) is 19.0. The van der Waals surface area contributed by atoms with Crippen LogP contribution in [0.25, 0.3) is 22.1 Å². The van der Waals surface area contributed by atoms with Crippen molar-refractivity contribution in [2.45, 2.75) is 20.8 Å². The van der Waals surface area contributed by atoms with Gasteiger partial charge in [-0.3, -0.25) is 4.79 Å². The Labute approximate surface area is 176 Å². The van der Waals surface area contributed by atoms with E-state index in [2.05, 4.69) is 43.8 Å². The van der Waals surface area contributed by atoms with E-state index in [1.807, 2.05) is 44.2 Å². The van der Waals surface area contributed by atoms with Gasteiger partial charge in [0.2, 0.25) is 0 Å². The number of rotatable bonds is 3. The molecule has 2 aromatic carbocycles. The van der Waals surface area contributed by atoms with Crippen LogP contribution in [0.1, 0.15) is 23.6 Å². The molecule has 2 heterocycles. The Morgan fingerprint density at radius 1 is 1.15 bits per heavy atom. The van der Waals surface area contributed by atoms with Gasteiger partial charge in [-0.15, -0.1) is 0 Å². The van der Waals surface area contributed by atoms with Gasteiger partial charge in [0.25, 0.3) is 5.56 Å². The van der Waals surface area contributed by atoms with Crippen molar-refractivity contribution in [1.29, 1.82) is 0 Å². The maximum absolute atomic E-state index is 13.0. The molecule has 0 saturated heterocycles. The van der Waals surface area contributed by atoms with Crippen LogP contribution in [0.3, 0.4) is 0 Å². The Morgan fingerprint density at radius 2 is 1.81 bits per heavy atom. The van der Waals surface area contributed by atoms with Gasteiger partial charge in [0.05, 0.1) is 31.1 Å². The molecule has 0 aliphatic rings. The fourth-order valence-electron chi connectivity index (χ4n) is 3.01. The molecule has 0 N–H and O–H groups in total. The van der Waals surface area contributed by atoms with Crippen LogP contribution in [0.15, 0.2) is 38.0 Å². The fourth-order valence-corrected chi connectivity index (χ4v) is 5.45. The van der Waals surface area contributed by atoms with E-state index in [1.54, 1.807) is 4.40 Å². The minimum Gasteiger partial charge on any atom is -0.492 e. The third kappa shape index (κ3) is 3.22. The van der Waals surface area contributed by atoms with Crippen molar-refractivity contribution in [2.75, 3.05) is 6.61 Å². The van der Waals surface area contributed by atoms with Gasteiger partial charge in [-0.05, 0) is 99.7 Å². The summed E-state index contributed by atoms with van der Waals surface area (Å²) < 4.78 is 9.66. The average Bonchev–Trinajstić information content (AvgIpc) is 3.08. The first-order valence-corrected chi connectivity index (χ1v) is 10.8. The number of hydrogen-bond donors (Lipinski definition) is 0. The molecule has 0 aliphatic carbocycles. The second-order valence-corrected chi connectivity index (χ2v) is 9.04. The summed E-state index contributed by atoms with van der Waals surface area (Å²) in [5.41, 5.74) is 4.93. The molecule has 27 heavy (non-hydrogen) atoms. The van der Waals surface area contributed by atoms with E-state index in [0.717, 1.165) is 41.8 Å². The van der Waals surface area contributed by atoms with Crippen LogP contribution >= 0.6 is 43.2 Å². The smallest absolute Gasteiger partial charge is 0.274 e. The summed E-state index contributed by atoms with van der Waals surface area (Å²) in [5, 5.41) is 0. The summed E-state index contributed by atoms with van der Waals surface area (Å²) in [7, 11) is 0. The SMILES string of the molecule is CCOc1c(Br)cc(/C=c2\sc3nc4cc(C)c(C)cc4n3c2=O)cc1Br. The van der Waals surface area contributed by atoms with Gasteiger partial charge >= 0.3 is 0 Å². The highest BCUT2D eigenvalue weighted by Gasteiger charge is 2.13. The van der Waals surface area contributed by atoms with E-state index in [9.17, 15) is 4.79 Å². The molecule has 0 radical (unpaired) electrons. The largest absolute Gasteiger partial charge is 0.492 e. The number of imidazole rings is 1. The van der Waals surface area contributed by atoms with Gasteiger partial charge in [-0.2, -0.15) is 0 Å². The molecular weight excluding hydrogens is 492 g/mol. The van der Waals surface area contributed by atoms with Crippen LogP contribution in [-0.2, 0) is 0 Å². The highest BCUT2D eigenvalue weighted by Crippen LogP contribution is 2.35. The van der Waals surface area contributed by atoms with Crippen molar-refractivity contribution < 1.29 is 4.74 Å². The van der Waals surface area contributed by atoms with Gasteiger partial charge in [-0.25, -0.2) is 9.38 Å². The fraction of sp³-hybridized carbons (Fsp3) is 0.200. The van der Waals surface area contributed by atoms with Crippen LogP contribution in [-0.4, -0.2) is 16.0 Å². The molecule has 4 rings (SSSR count). The predicted molar refractivity (Wildman–Crippen MR) is 118 cm³/mol.